The molecule has 7 heteroatoms. The van der Waals surface area contributed by atoms with Crippen molar-refractivity contribution in [3.8, 4) is 6.07 Å². The Labute approximate surface area is 68.8 Å². The summed E-state index contributed by atoms with van der Waals surface area (Å²) >= 11 is 0. The fourth-order valence-electron chi connectivity index (χ4n) is 0.260. The third-order valence-electron chi connectivity index (χ3n) is 0.692. The van der Waals surface area contributed by atoms with Crippen LogP contribution in [0.3, 0.4) is 0 Å². The molecule has 0 saturated carbocycles. The number of aliphatic carboxylic acids is 1. The normalized spacial score (nSPS) is 11.8. The summed E-state index contributed by atoms with van der Waals surface area (Å²) in [6.45, 7) is 0. The number of carboxylic acid groups (broad SMARTS) is 1. The lowest BCUT2D eigenvalue weighted by molar-refractivity contribution is -0.132. The predicted molar refractivity (Wildman–Crippen MR) is 37.3 cm³/mol. The maximum atomic E-state index is 10.3. The number of hydrogen-bond acceptors (Lipinski definition) is 5. The number of rotatable bonds is 3. The molecule has 12 heavy (non-hydrogen) atoms. The van der Waals surface area contributed by atoms with E-state index in [0.29, 0.717) is 6.26 Å². The van der Waals surface area contributed by atoms with E-state index >= 15 is 0 Å². The van der Waals surface area contributed by atoms with Crippen LogP contribution >= 0.6 is 0 Å². The van der Waals surface area contributed by atoms with E-state index in [1.54, 1.807) is 0 Å². The Morgan fingerprint density at radius 3 is 2.42 bits per heavy atom. The zero-order chi connectivity index (χ0) is 9.78. The second-order valence-electron chi connectivity index (χ2n) is 1.75. The first kappa shape index (κ1) is 10.4. The first-order chi connectivity index (χ1) is 5.37. The van der Waals surface area contributed by atoms with Crippen molar-refractivity contribution in [2.75, 3.05) is 6.26 Å². The molecule has 0 bridgehead atoms. The van der Waals surface area contributed by atoms with E-state index in [0.717, 1.165) is 6.26 Å². The summed E-state index contributed by atoms with van der Waals surface area (Å²) in [5.41, 5.74) is -0.777. The predicted octanol–water partition coefficient (Wildman–Crippen LogP) is -0.545. The fraction of sp³-hybridized carbons (Fsp3) is 0.200. The monoisotopic (exact) mass is 191 g/mol. The average molecular weight is 191 g/mol. The molecule has 0 rings (SSSR count). The van der Waals surface area contributed by atoms with Crippen LogP contribution in [0.2, 0.25) is 0 Å². The Morgan fingerprint density at radius 2 is 2.17 bits per heavy atom. The molecule has 0 spiro atoms. The van der Waals surface area contributed by atoms with Gasteiger partial charge in [-0.25, -0.2) is 4.79 Å². The highest BCUT2D eigenvalue weighted by molar-refractivity contribution is 7.86. The Hall–Kier alpha value is -1.55. The van der Waals surface area contributed by atoms with Crippen LogP contribution in [0, 0.1) is 11.3 Å². The van der Waals surface area contributed by atoms with E-state index in [4.69, 9.17) is 10.4 Å². The first-order valence-electron chi connectivity index (χ1n) is 2.58. The highest BCUT2D eigenvalue weighted by Gasteiger charge is 2.07. The first-order valence-corrected chi connectivity index (χ1v) is 4.40. The summed E-state index contributed by atoms with van der Waals surface area (Å²) in [5, 5.41) is 16.3. The molecule has 0 aliphatic rings. The molecule has 0 aliphatic heterocycles. The smallest absolute Gasteiger partial charge is 0.349 e. The van der Waals surface area contributed by atoms with E-state index in [-0.39, 0.29) is 0 Å². The van der Waals surface area contributed by atoms with Crippen molar-refractivity contribution in [3.63, 3.8) is 0 Å². The van der Waals surface area contributed by atoms with Gasteiger partial charge in [0, 0.05) is 0 Å². The minimum absolute atomic E-state index is 0.373. The van der Waals surface area contributed by atoms with Gasteiger partial charge in [-0.3, -0.25) is 0 Å². The fourth-order valence-corrected chi connectivity index (χ4v) is 0.531. The van der Waals surface area contributed by atoms with Gasteiger partial charge in [0.2, 0.25) is 0 Å². The summed E-state index contributed by atoms with van der Waals surface area (Å²) in [5.74, 6) is -1.54. The lowest BCUT2D eigenvalue weighted by atomic mass is 10.3. The molecule has 0 aromatic heterocycles. The molecule has 6 nitrogen and oxygen atoms in total. The van der Waals surface area contributed by atoms with Crippen molar-refractivity contribution >= 4 is 16.1 Å². The second kappa shape index (κ2) is 3.73. The van der Waals surface area contributed by atoms with Crippen molar-refractivity contribution in [2.45, 2.75) is 0 Å². The number of nitriles is 1. The molecule has 0 unspecified atom stereocenters. The highest BCUT2D eigenvalue weighted by atomic mass is 32.2. The lowest BCUT2D eigenvalue weighted by Gasteiger charge is -1.93. The van der Waals surface area contributed by atoms with Gasteiger partial charge in [0.15, 0.2) is 5.57 Å². The van der Waals surface area contributed by atoms with Gasteiger partial charge in [-0.1, -0.05) is 0 Å². The largest absolute Gasteiger partial charge is 0.477 e. The van der Waals surface area contributed by atoms with E-state index in [1.807, 2.05) is 0 Å². The summed E-state index contributed by atoms with van der Waals surface area (Å²) < 4.78 is 24.6. The molecule has 1 N–H and O–H groups in total. The highest BCUT2D eigenvalue weighted by Crippen LogP contribution is 1.96. The SMILES string of the molecule is CS(=O)(=O)O/C=C(\C#N)C(=O)O. The van der Waals surface area contributed by atoms with Crippen molar-refractivity contribution in [2.24, 2.45) is 0 Å². The van der Waals surface area contributed by atoms with Crippen molar-refractivity contribution in [1.29, 1.82) is 5.26 Å². The quantitative estimate of drug-likeness (QED) is 0.278. The molecule has 0 fully saturated rings. The Balaban J connectivity index is 4.58. The number of carbonyl (C=O) groups is 1. The van der Waals surface area contributed by atoms with Crippen molar-refractivity contribution in [3.05, 3.63) is 11.8 Å². The van der Waals surface area contributed by atoms with Gasteiger partial charge < -0.3 is 9.29 Å². The maximum absolute atomic E-state index is 10.3. The van der Waals surface area contributed by atoms with Gasteiger partial charge in [-0.15, -0.1) is 0 Å². The molecule has 0 amide bonds. The Morgan fingerprint density at radius 1 is 1.67 bits per heavy atom. The van der Waals surface area contributed by atoms with Crippen LogP contribution in [0.1, 0.15) is 0 Å². The van der Waals surface area contributed by atoms with E-state index in [9.17, 15) is 13.2 Å². The van der Waals surface area contributed by atoms with Gasteiger partial charge in [0.25, 0.3) is 0 Å². The van der Waals surface area contributed by atoms with Crippen LogP contribution in [0.5, 0.6) is 0 Å². The van der Waals surface area contributed by atoms with Crippen molar-refractivity contribution < 1.29 is 22.5 Å². The van der Waals surface area contributed by atoms with E-state index < -0.39 is 21.7 Å². The topological polar surface area (TPSA) is 104 Å². The summed E-state index contributed by atoms with van der Waals surface area (Å²) in [4.78, 5) is 10.1. The Bertz CT molecular complexity index is 347. The van der Waals surface area contributed by atoms with Crippen LogP contribution in [0.25, 0.3) is 0 Å². The van der Waals surface area contributed by atoms with Gasteiger partial charge in [0.1, 0.15) is 12.3 Å². The van der Waals surface area contributed by atoms with Gasteiger partial charge >= 0.3 is 16.1 Å². The van der Waals surface area contributed by atoms with E-state index in [1.165, 1.54) is 6.07 Å². The molecule has 66 valence electrons. The summed E-state index contributed by atoms with van der Waals surface area (Å²) in [6.07, 6.45) is 1.11. The third kappa shape index (κ3) is 4.29. The number of nitrogens with zero attached hydrogens (tertiary/aromatic N) is 1. The summed E-state index contributed by atoms with van der Waals surface area (Å²) in [7, 11) is -3.75. The van der Waals surface area contributed by atoms with Crippen molar-refractivity contribution in [1.82, 2.24) is 0 Å². The minimum Gasteiger partial charge on any atom is -0.477 e. The van der Waals surface area contributed by atoms with E-state index in [2.05, 4.69) is 4.18 Å². The van der Waals surface area contributed by atoms with Gasteiger partial charge in [-0.2, -0.15) is 13.7 Å². The molecular formula is C5H5NO5S. The van der Waals surface area contributed by atoms with Crippen LogP contribution in [0.15, 0.2) is 11.8 Å². The number of hydrogen-bond donors (Lipinski definition) is 1. The molecule has 0 radical (unpaired) electrons. The molecule has 0 atom stereocenters. The third-order valence-corrected chi connectivity index (χ3v) is 1.14. The zero-order valence-electron chi connectivity index (χ0n) is 6.01. The minimum atomic E-state index is -3.75. The maximum Gasteiger partial charge on any atom is 0.349 e. The standard InChI is InChI=1S/C5H5NO5S/c1-12(9,10)11-3-4(2-6)5(7)8/h3H,1H3,(H,7,8)/b4-3+. The van der Waals surface area contributed by atoms with Gasteiger partial charge in [-0.05, 0) is 0 Å². The van der Waals surface area contributed by atoms with Crippen LogP contribution < -0.4 is 0 Å². The van der Waals surface area contributed by atoms with Crippen LogP contribution in [-0.2, 0) is 19.1 Å². The van der Waals surface area contributed by atoms with Gasteiger partial charge in [0.05, 0.1) is 6.26 Å². The molecule has 0 aromatic rings. The van der Waals surface area contributed by atoms with Crippen LogP contribution in [0.4, 0.5) is 0 Å². The molecular weight excluding hydrogens is 186 g/mol. The second-order valence-corrected chi connectivity index (χ2v) is 3.35. The molecule has 0 aliphatic carbocycles. The zero-order valence-corrected chi connectivity index (χ0v) is 6.83. The summed E-state index contributed by atoms with van der Waals surface area (Å²) in [6, 6.07) is 1.25. The average Bonchev–Trinajstić information content (AvgIpc) is 1.85. The lowest BCUT2D eigenvalue weighted by Crippen LogP contribution is -2.02. The van der Waals surface area contributed by atoms with Crippen LogP contribution in [-0.4, -0.2) is 25.7 Å². The number of carboxylic acids is 1. The molecule has 0 saturated heterocycles. The molecule has 0 aromatic carbocycles. The Kier molecular flexibility index (Phi) is 3.25. The molecule has 0 heterocycles.